The van der Waals surface area contributed by atoms with E-state index in [4.69, 9.17) is 4.74 Å². The summed E-state index contributed by atoms with van der Waals surface area (Å²) in [6, 6.07) is 16.5. The summed E-state index contributed by atoms with van der Waals surface area (Å²) >= 11 is 0. The Morgan fingerprint density at radius 3 is 1.85 bits per heavy atom. The highest BCUT2D eigenvalue weighted by molar-refractivity contribution is 5.79. The Balaban J connectivity index is 1.13. The summed E-state index contributed by atoms with van der Waals surface area (Å²) in [5.41, 5.74) is 4.86. The maximum atomic E-state index is 12.3. The smallest absolute Gasteiger partial charge is 0.407 e. The molecule has 0 saturated heterocycles. The molecule has 0 radical (unpaired) electrons. The Kier molecular flexibility index (Phi) is 13.9. The molecule has 4 amide bonds. The van der Waals surface area contributed by atoms with Crippen LogP contribution in [0.1, 0.15) is 88.2 Å². The Labute approximate surface area is 239 Å². The van der Waals surface area contributed by atoms with Gasteiger partial charge in [0.1, 0.15) is 6.61 Å². The molecule has 40 heavy (non-hydrogen) atoms. The number of benzene rings is 2. The predicted molar refractivity (Wildman–Crippen MR) is 159 cm³/mol. The first-order valence-electron chi connectivity index (χ1n) is 15.0. The van der Waals surface area contributed by atoms with Gasteiger partial charge in [0.15, 0.2) is 0 Å². The SMILES string of the molecule is CCCNC(=O)NCCCCCNC(=O)CCCCCCCNC(=O)OCC1c2ccccc2-c2ccccc21. The fraction of sp³-hybridized carbons (Fsp3) is 0.531. The van der Waals surface area contributed by atoms with Crippen LogP contribution in [0.5, 0.6) is 0 Å². The number of fused-ring (bicyclic) bond motifs is 3. The van der Waals surface area contributed by atoms with Gasteiger partial charge in [0, 0.05) is 38.5 Å². The lowest BCUT2D eigenvalue weighted by molar-refractivity contribution is -0.121. The number of alkyl carbamates (subject to hydrolysis) is 1. The molecule has 0 bridgehead atoms. The number of carbonyl (C=O) groups is 3. The van der Waals surface area contributed by atoms with Gasteiger partial charge in [0.05, 0.1) is 0 Å². The largest absolute Gasteiger partial charge is 0.449 e. The second-order valence-electron chi connectivity index (χ2n) is 10.4. The summed E-state index contributed by atoms with van der Waals surface area (Å²) in [6.45, 7) is 4.98. The van der Waals surface area contributed by atoms with Gasteiger partial charge in [-0.1, -0.05) is 74.7 Å². The molecule has 2 aromatic carbocycles. The van der Waals surface area contributed by atoms with Crippen molar-refractivity contribution in [3.05, 3.63) is 59.7 Å². The van der Waals surface area contributed by atoms with E-state index in [-0.39, 0.29) is 23.9 Å². The third-order valence-electron chi connectivity index (χ3n) is 7.19. The first-order chi connectivity index (χ1) is 19.6. The predicted octanol–water partition coefficient (Wildman–Crippen LogP) is 5.86. The summed E-state index contributed by atoms with van der Waals surface area (Å²) in [4.78, 5) is 35.7. The Hall–Kier alpha value is -3.55. The van der Waals surface area contributed by atoms with Gasteiger partial charge in [-0.15, -0.1) is 0 Å². The lowest BCUT2D eigenvalue weighted by atomic mass is 9.98. The summed E-state index contributed by atoms with van der Waals surface area (Å²) in [6.07, 6.45) is 8.73. The van der Waals surface area contributed by atoms with E-state index in [0.717, 1.165) is 57.8 Å². The number of ether oxygens (including phenoxy) is 1. The number of hydrogen-bond donors (Lipinski definition) is 4. The topological polar surface area (TPSA) is 109 Å². The molecule has 0 aromatic heterocycles. The molecule has 8 heteroatoms. The molecular weight excluding hydrogens is 504 g/mol. The molecule has 0 atom stereocenters. The van der Waals surface area contributed by atoms with Gasteiger partial charge >= 0.3 is 12.1 Å². The van der Waals surface area contributed by atoms with Crippen molar-refractivity contribution < 1.29 is 19.1 Å². The molecule has 0 heterocycles. The van der Waals surface area contributed by atoms with E-state index < -0.39 is 0 Å². The number of urea groups is 1. The van der Waals surface area contributed by atoms with Gasteiger partial charge in [-0.05, 0) is 60.8 Å². The van der Waals surface area contributed by atoms with Crippen LogP contribution in [0.3, 0.4) is 0 Å². The number of rotatable bonds is 18. The Morgan fingerprint density at radius 2 is 1.18 bits per heavy atom. The van der Waals surface area contributed by atoms with Crippen LogP contribution in [-0.2, 0) is 9.53 Å². The van der Waals surface area contributed by atoms with Crippen LogP contribution >= 0.6 is 0 Å². The van der Waals surface area contributed by atoms with E-state index >= 15 is 0 Å². The molecule has 8 nitrogen and oxygen atoms in total. The average Bonchev–Trinajstić information content (AvgIpc) is 3.29. The van der Waals surface area contributed by atoms with Crippen molar-refractivity contribution in [3.8, 4) is 11.1 Å². The van der Waals surface area contributed by atoms with Crippen molar-refractivity contribution in [2.45, 2.75) is 77.0 Å². The van der Waals surface area contributed by atoms with Gasteiger partial charge in [-0.3, -0.25) is 4.79 Å². The van der Waals surface area contributed by atoms with Gasteiger partial charge < -0.3 is 26.0 Å². The first-order valence-corrected chi connectivity index (χ1v) is 15.0. The Bertz CT molecular complexity index is 1030. The normalized spacial score (nSPS) is 11.8. The third kappa shape index (κ3) is 10.5. The first kappa shape index (κ1) is 31.0. The molecule has 4 N–H and O–H groups in total. The molecule has 0 fully saturated rings. The third-order valence-corrected chi connectivity index (χ3v) is 7.19. The van der Waals surface area contributed by atoms with Crippen molar-refractivity contribution in [2.24, 2.45) is 0 Å². The monoisotopic (exact) mass is 550 g/mol. The van der Waals surface area contributed by atoms with Gasteiger partial charge in [-0.25, -0.2) is 9.59 Å². The van der Waals surface area contributed by atoms with Gasteiger partial charge in [0.25, 0.3) is 0 Å². The summed E-state index contributed by atoms with van der Waals surface area (Å²) in [7, 11) is 0. The van der Waals surface area contributed by atoms with E-state index in [2.05, 4.69) is 45.5 Å². The maximum Gasteiger partial charge on any atom is 0.407 e. The molecular formula is C32H46N4O4. The quantitative estimate of drug-likeness (QED) is 0.174. The fourth-order valence-electron chi connectivity index (χ4n) is 5.03. The van der Waals surface area contributed by atoms with E-state index in [1.165, 1.54) is 22.3 Å². The van der Waals surface area contributed by atoms with Crippen molar-refractivity contribution in [3.63, 3.8) is 0 Å². The summed E-state index contributed by atoms with van der Waals surface area (Å²) in [5, 5.41) is 11.5. The van der Waals surface area contributed by atoms with Crippen LogP contribution in [0.25, 0.3) is 11.1 Å². The van der Waals surface area contributed by atoms with Crippen LogP contribution < -0.4 is 21.3 Å². The fourth-order valence-corrected chi connectivity index (χ4v) is 5.03. The van der Waals surface area contributed by atoms with Crippen molar-refractivity contribution in [2.75, 3.05) is 32.8 Å². The van der Waals surface area contributed by atoms with Crippen molar-refractivity contribution in [1.29, 1.82) is 0 Å². The average molecular weight is 551 g/mol. The number of carbonyl (C=O) groups excluding carboxylic acids is 3. The number of unbranched alkanes of at least 4 members (excludes halogenated alkanes) is 6. The highest BCUT2D eigenvalue weighted by atomic mass is 16.5. The van der Waals surface area contributed by atoms with E-state index in [0.29, 0.717) is 39.2 Å². The maximum absolute atomic E-state index is 12.3. The molecule has 0 aliphatic heterocycles. The van der Waals surface area contributed by atoms with Crippen molar-refractivity contribution in [1.82, 2.24) is 21.3 Å². The van der Waals surface area contributed by atoms with Gasteiger partial charge in [-0.2, -0.15) is 0 Å². The molecule has 3 rings (SSSR count). The van der Waals surface area contributed by atoms with Crippen molar-refractivity contribution >= 4 is 18.0 Å². The van der Waals surface area contributed by atoms with E-state index in [1.54, 1.807) is 0 Å². The minimum absolute atomic E-state index is 0.0717. The zero-order valence-electron chi connectivity index (χ0n) is 23.9. The molecule has 0 saturated carbocycles. The lowest BCUT2D eigenvalue weighted by Gasteiger charge is -2.14. The van der Waals surface area contributed by atoms with E-state index in [9.17, 15) is 14.4 Å². The minimum Gasteiger partial charge on any atom is -0.449 e. The Morgan fingerprint density at radius 1 is 0.650 bits per heavy atom. The summed E-state index contributed by atoms with van der Waals surface area (Å²) in [5.74, 6) is 0.177. The van der Waals surface area contributed by atoms with Crippen LogP contribution in [0.2, 0.25) is 0 Å². The number of hydrogen-bond acceptors (Lipinski definition) is 4. The zero-order valence-corrected chi connectivity index (χ0v) is 23.9. The molecule has 2 aromatic rings. The number of amides is 4. The molecule has 0 unspecified atom stereocenters. The molecule has 218 valence electrons. The zero-order chi connectivity index (χ0) is 28.4. The minimum atomic E-state index is -0.368. The lowest BCUT2D eigenvalue weighted by Crippen LogP contribution is -2.36. The second-order valence-corrected chi connectivity index (χ2v) is 10.4. The second kappa shape index (κ2) is 17.9. The van der Waals surface area contributed by atoms with Crippen LogP contribution in [0.15, 0.2) is 48.5 Å². The van der Waals surface area contributed by atoms with Gasteiger partial charge in [0.2, 0.25) is 5.91 Å². The highest BCUT2D eigenvalue weighted by Gasteiger charge is 2.28. The standard InChI is InChI=1S/C32H46N4O4/c1-2-20-34-31(38)35-22-14-6-13-21-33-30(37)19-7-4-3-5-12-23-36-32(39)40-24-29-27-17-10-8-15-25(27)26-16-9-11-18-28(26)29/h8-11,15-18,29H,2-7,12-14,19-24H2,1H3,(H,33,37)(H,36,39)(H2,34,35,38). The summed E-state index contributed by atoms with van der Waals surface area (Å²) < 4.78 is 5.58. The van der Waals surface area contributed by atoms with Crippen LogP contribution in [-0.4, -0.2) is 50.8 Å². The van der Waals surface area contributed by atoms with Crippen LogP contribution in [0.4, 0.5) is 9.59 Å². The number of nitrogens with one attached hydrogen (secondary N) is 4. The highest BCUT2D eigenvalue weighted by Crippen LogP contribution is 2.44. The van der Waals surface area contributed by atoms with Crippen LogP contribution in [0, 0.1) is 0 Å². The molecule has 1 aliphatic carbocycles. The molecule has 0 spiro atoms. The molecule has 1 aliphatic rings. The van der Waals surface area contributed by atoms with E-state index in [1.807, 2.05) is 31.2 Å².